The molecule has 4 rings (SSSR count). The molecule has 1 amide bonds. The highest BCUT2D eigenvalue weighted by Gasteiger charge is 2.19. The standard InChI is InChI=1S/C22H22N4OS/c1-23-14-19(15-5-3-2-4-6-15)26-22(27)20-17(9-12-28-20)13-16-7-10-24-21-18(16)8-11-25-21/h2-12,19,23H,13-14H2,1H3,(H,24,25)(H,26,27). The quantitative estimate of drug-likeness (QED) is 0.448. The van der Waals surface area contributed by atoms with Gasteiger partial charge in [-0.05, 0) is 53.7 Å². The van der Waals surface area contributed by atoms with E-state index in [9.17, 15) is 4.79 Å². The van der Waals surface area contributed by atoms with E-state index in [1.807, 2.05) is 67.2 Å². The number of nitrogens with zero attached hydrogens (tertiary/aromatic N) is 1. The van der Waals surface area contributed by atoms with Crippen LogP contribution in [0.3, 0.4) is 0 Å². The molecule has 28 heavy (non-hydrogen) atoms. The Kier molecular flexibility index (Phi) is 5.50. The van der Waals surface area contributed by atoms with E-state index in [2.05, 4.69) is 20.6 Å². The molecule has 0 aliphatic rings. The predicted octanol–water partition coefficient (Wildman–Crippen LogP) is 3.91. The van der Waals surface area contributed by atoms with Gasteiger partial charge >= 0.3 is 0 Å². The van der Waals surface area contributed by atoms with E-state index in [0.29, 0.717) is 13.0 Å². The van der Waals surface area contributed by atoms with Crippen LogP contribution in [-0.4, -0.2) is 29.5 Å². The largest absolute Gasteiger partial charge is 0.346 e. The predicted molar refractivity (Wildman–Crippen MR) is 114 cm³/mol. The molecule has 0 bridgehead atoms. The maximum Gasteiger partial charge on any atom is 0.262 e. The number of nitrogens with one attached hydrogen (secondary N) is 3. The fourth-order valence-corrected chi connectivity index (χ4v) is 4.24. The second-order valence-electron chi connectivity index (χ2n) is 6.66. The highest BCUT2D eigenvalue weighted by Crippen LogP contribution is 2.25. The van der Waals surface area contributed by atoms with E-state index in [0.717, 1.165) is 32.6 Å². The summed E-state index contributed by atoms with van der Waals surface area (Å²) in [5.41, 5.74) is 4.16. The van der Waals surface area contributed by atoms with Crippen LogP contribution in [0.25, 0.3) is 11.0 Å². The normalized spacial score (nSPS) is 12.2. The SMILES string of the molecule is CNCC(NC(=O)c1sccc1Cc1ccnc2[nH]ccc12)c1ccccc1. The number of aromatic amines is 1. The summed E-state index contributed by atoms with van der Waals surface area (Å²) in [5, 5.41) is 9.43. The minimum atomic E-state index is -0.0778. The zero-order valence-corrected chi connectivity index (χ0v) is 16.4. The van der Waals surface area contributed by atoms with Crippen LogP contribution in [0.2, 0.25) is 0 Å². The van der Waals surface area contributed by atoms with Crippen LogP contribution in [0.1, 0.15) is 32.4 Å². The number of H-pyrrole nitrogens is 1. The number of thiophene rings is 1. The van der Waals surface area contributed by atoms with Crippen molar-refractivity contribution >= 4 is 28.3 Å². The summed E-state index contributed by atoms with van der Waals surface area (Å²) in [5.74, 6) is -0.0338. The lowest BCUT2D eigenvalue weighted by Crippen LogP contribution is -2.34. The summed E-state index contributed by atoms with van der Waals surface area (Å²) in [4.78, 5) is 21.3. The van der Waals surface area contributed by atoms with E-state index in [-0.39, 0.29) is 11.9 Å². The Morgan fingerprint density at radius 2 is 2.00 bits per heavy atom. The lowest BCUT2D eigenvalue weighted by molar-refractivity contribution is 0.0940. The third kappa shape index (κ3) is 3.83. The molecular formula is C22H22N4OS. The summed E-state index contributed by atoms with van der Waals surface area (Å²) in [6.07, 6.45) is 4.40. The fourth-order valence-electron chi connectivity index (χ4n) is 3.42. The summed E-state index contributed by atoms with van der Waals surface area (Å²) < 4.78 is 0. The van der Waals surface area contributed by atoms with Gasteiger partial charge in [-0.3, -0.25) is 4.79 Å². The van der Waals surface area contributed by atoms with Gasteiger partial charge in [0, 0.05) is 24.3 Å². The van der Waals surface area contributed by atoms with Crippen LogP contribution in [0, 0.1) is 0 Å². The van der Waals surface area contributed by atoms with Crippen molar-refractivity contribution in [3.8, 4) is 0 Å². The monoisotopic (exact) mass is 390 g/mol. The van der Waals surface area contributed by atoms with Crippen LogP contribution < -0.4 is 10.6 Å². The van der Waals surface area contributed by atoms with E-state index >= 15 is 0 Å². The number of likely N-dealkylation sites (N-methyl/N-ethyl adjacent to an activating group) is 1. The molecule has 5 nitrogen and oxygen atoms in total. The summed E-state index contributed by atoms with van der Waals surface area (Å²) in [7, 11) is 1.89. The van der Waals surface area contributed by atoms with Gasteiger partial charge in [-0.1, -0.05) is 30.3 Å². The number of fused-ring (bicyclic) bond motifs is 1. The van der Waals surface area contributed by atoms with Crippen molar-refractivity contribution in [2.24, 2.45) is 0 Å². The Labute approximate surface area is 167 Å². The third-order valence-corrected chi connectivity index (χ3v) is 5.76. The van der Waals surface area contributed by atoms with E-state index in [4.69, 9.17) is 0 Å². The maximum atomic E-state index is 13.0. The lowest BCUT2D eigenvalue weighted by atomic mass is 10.0. The first-order valence-electron chi connectivity index (χ1n) is 9.24. The number of benzene rings is 1. The number of hydrogen-bond donors (Lipinski definition) is 3. The van der Waals surface area contributed by atoms with Gasteiger partial charge in [0.1, 0.15) is 5.65 Å². The van der Waals surface area contributed by atoms with Crippen molar-refractivity contribution in [2.45, 2.75) is 12.5 Å². The van der Waals surface area contributed by atoms with Gasteiger partial charge in [0.15, 0.2) is 0 Å². The van der Waals surface area contributed by atoms with E-state index in [1.54, 1.807) is 6.20 Å². The first kappa shape index (κ1) is 18.4. The molecule has 4 aromatic rings. The lowest BCUT2D eigenvalue weighted by Gasteiger charge is -2.19. The van der Waals surface area contributed by atoms with Crippen molar-refractivity contribution in [3.05, 3.63) is 87.9 Å². The molecule has 0 saturated heterocycles. The van der Waals surface area contributed by atoms with E-state index < -0.39 is 0 Å². The first-order chi connectivity index (χ1) is 13.8. The molecule has 0 aliphatic heterocycles. The highest BCUT2D eigenvalue weighted by molar-refractivity contribution is 7.12. The number of amides is 1. The third-order valence-electron chi connectivity index (χ3n) is 4.80. The number of carbonyl (C=O) groups excluding carboxylic acids is 1. The van der Waals surface area contributed by atoms with Crippen molar-refractivity contribution < 1.29 is 4.79 Å². The Morgan fingerprint density at radius 1 is 1.14 bits per heavy atom. The molecule has 142 valence electrons. The van der Waals surface area contributed by atoms with Gasteiger partial charge in [0.2, 0.25) is 0 Å². The van der Waals surface area contributed by atoms with Gasteiger partial charge in [-0.2, -0.15) is 0 Å². The Hall–Kier alpha value is -2.96. The van der Waals surface area contributed by atoms with Crippen molar-refractivity contribution in [1.29, 1.82) is 0 Å². The van der Waals surface area contributed by atoms with Crippen LogP contribution in [0.5, 0.6) is 0 Å². The molecule has 0 spiro atoms. The second kappa shape index (κ2) is 8.37. The number of carbonyl (C=O) groups is 1. The molecule has 0 fully saturated rings. The smallest absolute Gasteiger partial charge is 0.262 e. The zero-order chi connectivity index (χ0) is 19.3. The Balaban J connectivity index is 1.56. The molecule has 1 atom stereocenters. The topological polar surface area (TPSA) is 69.8 Å². The van der Waals surface area contributed by atoms with E-state index in [1.165, 1.54) is 11.3 Å². The second-order valence-corrected chi connectivity index (χ2v) is 7.57. The molecule has 3 heterocycles. The molecule has 6 heteroatoms. The summed E-state index contributed by atoms with van der Waals surface area (Å²) >= 11 is 1.48. The molecule has 0 saturated carbocycles. The Bertz CT molecular complexity index is 1070. The molecule has 1 aromatic carbocycles. The van der Waals surface area contributed by atoms with Gasteiger partial charge in [0.05, 0.1) is 10.9 Å². The van der Waals surface area contributed by atoms with Crippen LogP contribution in [-0.2, 0) is 6.42 Å². The molecule has 3 N–H and O–H groups in total. The minimum absolute atomic E-state index is 0.0338. The number of hydrogen-bond acceptors (Lipinski definition) is 4. The maximum absolute atomic E-state index is 13.0. The van der Waals surface area contributed by atoms with Gasteiger partial charge in [0.25, 0.3) is 5.91 Å². The van der Waals surface area contributed by atoms with Crippen LogP contribution >= 0.6 is 11.3 Å². The van der Waals surface area contributed by atoms with Gasteiger partial charge in [-0.15, -0.1) is 11.3 Å². The average molecular weight is 391 g/mol. The number of aromatic nitrogens is 2. The fraction of sp³-hybridized carbons (Fsp3) is 0.182. The first-order valence-corrected chi connectivity index (χ1v) is 10.1. The minimum Gasteiger partial charge on any atom is -0.346 e. The zero-order valence-electron chi connectivity index (χ0n) is 15.6. The molecule has 1 unspecified atom stereocenters. The molecule has 0 radical (unpaired) electrons. The van der Waals surface area contributed by atoms with Crippen molar-refractivity contribution in [2.75, 3.05) is 13.6 Å². The van der Waals surface area contributed by atoms with Crippen molar-refractivity contribution in [1.82, 2.24) is 20.6 Å². The number of pyridine rings is 1. The molecule has 0 aliphatic carbocycles. The van der Waals surface area contributed by atoms with Crippen LogP contribution in [0.4, 0.5) is 0 Å². The summed E-state index contributed by atoms with van der Waals surface area (Å²) in [6, 6.07) is 16.0. The molecule has 3 aromatic heterocycles. The van der Waals surface area contributed by atoms with Gasteiger partial charge in [-0.25, -0.2) is 4.98 Å². The Morgan fingerprint density at radius 3 is 2.82 bits per heavy atom. The molecular weight excluding hydrogens is 368 g/mol. The number of rotatable bonds is 7. The highest BCUT2D eigenvalue weighted by atomic mass is 32.1. The summed E-state index contributed by atoms with van der Waals surface area (Å²) in [6.45, 7) is 0.671. The van der Waals surface area contributed by atoms with Crippen LogP contribution in [0.15, 0.2) is 66.3 Å². The average Bonchev–Trinajstić information content (AvgIpc) is 3.38. The van der Waals surface area contributed by atoms with Crippen molar-refractivity contribution in [3.63, 3.8) is 0 Å². The van der Waals surface area contributed by atoms with Gasteiger partial charge < -0.3 is 15.6 Å².